The van der Waals surface area contributed by atoms with Crippen molar-refractivity contribution in [2.75, 3.05) is 0 Å². The molecule has 1 amide bonds. The highest BCUT2D eigenvalue weighted by Crippen LogP contribution is 2.26. The molecule has 0 saturated carbocycles. The number of halogens is 1. The first-order valence-electron chi connectivity index (χ1n) is 4.96. The van der Waals surface area contributed by atoms with Gasteiger partial charge in [0.15, 0.2) is 0 Å². The zero-order chi connectivity index (χ0) is 11.7. The van der Waals surface area contributed by atoms with E-state index in [-0.39, 0.29) is 6.09 Å². The Kier molecular flexibility index (Phi) is 3.01. The average Bonchev–Trinajstić information content (AvgIpc) is 2.59. The molecule has 0 N–H and O–H groups in total. The predicted molar refractivity (Wildman–Crippen MR) is 64.7 cm³/mol. The van der Waals surface area contributed by atoms with Gasteiger partial charge in [-0.25, -0.2) is 4.79 Å². The van der Waals surface area contributed by atoms with Crippen molar-refractivity contribution >= 4 is 22.0 Å². The highest BCUT2D eigenvalue weighted by Gasteiger charge is 2.24. The van der Waals surface area contributed by atoms with Gasteiger partial charge in [-0.3, -0.25) is 4.90 Å². The van der Waals surface area contributed by atoms with E-state index in [4.69, 9.17) is 4.74 Å². The van der Waals surface area contributed by atoms with Crippen LogP contribution in [0.3, 0.4) is 0 Å². The second-order valence-corrected chi connectivity index (χ2v) is 4.75. The molecule has 1 aliphatic rings. The third-order valence-corrected chi connectivity index (χ3v) is 2.90. The smallest absolute Gasteiger partial charge is 0.415 e. The fraction of sp³-hybridized carbons (Fsp3) is 0.250. The topological polar surface area (TPSA) is 29.5 Å². The van der Waals surface area contributed by atoms with Gasteiger partial charge in [-0.2, -0.15) is 0 Å². The van der Waals surface area contributed by atoms with Gasteiger partial charge in [-0.1, -0.05) is 28.6 Å². The molecule has 0 fully saturated rings. The molecule has 4 heteroatoms. The third-order valence-electron chi connectivity index (χ3n) is 2.41. The van der Waals surface area contributed by atoms with Crippen LogP contribution in [0.2, 0.25) is 0 Å². The van der Waals surface area contributed by atoms with E-state index < -0.39 is 0 Å². The van der Waals surface area contributed by atoms with E-state index in [0.29, 0.717) is 18.8 Å². The van der Waals surface area contributed by atoms with Crippen LogP contribution in [0.1, 0.15) is 18.1 Å². The Morgan fingerprint density at radius 1 is 1.44 bits per heavy atom. The van der Waals surface area contributed by atoms with Crippen LogP contribution in [0.4, 0.5) is 4.79 Å². The predicted octanol–water partition coefficient (Wildman–Crippen LogP) is 3.43. The SMILES string of the molecule is C=C(C)OC(=O)N1Cc2ccc(Br)cc2C1. The number of fused-ring (bicyclic) bond motifs is 1. The van der Waals surface area contributed by atoms with Crippen LogP contribution in [0.5, 0.6) is 0 Å². The van der Waals surface area contributed by atoms with Gasteiger partial charge in [-0.15, -0.1) is 0 Å². The summed E-state index contributed by atoms with van der Waals surface area (Å²) in [5.41, 5.74) is 2.33. The maximum atomic E-state index is 11.6. The van der Waals surface area contributed by atoms with Gasteiger partial charge in [0.25, 0.3) is 0 Å². The van der Waals surface area contributed by atoms with Crippen molar-refractivity contribution in [3.63, 3.8) is 0 Å². The largest absolute Gasteiger partial charge is 0.416 e. The second-order valence-electron chi connectivity index (χ2n) is 3.84. The number of hydrogen-bond acceptors (Lipinski definition) is 2. The zero-order valence-electron chi connectivity index (χ0n) is 9.00. The molecule has 2 rings (SSSR count). The fourth-order valence-corrected chi connectivity index (χ4v) is 2.11. The fourth-order valence-electron chi connectivity index (χ4n) is 1.71. The van der Waals surface area contributed by atoms with Gasteiger partial charge in [0.1, 0.15) is 0 Å². The quantitative estimate of drug-likeness (QED) is 0.738. The Hall–Kier alpha value is -1.29. The van der Waals surface area contributed by atoms with Crippen molar-refractivity contribution in [3.05, 3.63) is 46.1 Å². The van der Waals surface area contributed by atoms with Crippen molar-refractivity contribution in [1.29, 1.82) is 0 Å². The third kappa shape index (κ3) is 2.27. The number of hydrogen-bond donors (Lipinski definition) is 0. The maximum Gasteiger partial charge on any atom is 0.415 e. The molecule has 84 valence electrons. The molecule has 3 nitrogen and oxygen atoms in total. The number of benzene rings is 1. The monoisotopic (exact) mass is 281 g/mol. The van der Waals surface area contributed by atoms with E-state index in [1.54, 1.807) is 11.8 Å². The lowest BCUT2D eigenvalue weighted by molar-refractivity contribution is 0.128. The van der Waals surface area contributed by atoms with Crippen LogP contribution in [0, 0.1) is 0 Å². The summed E-state index contributed by atoms with van der Waals surface area (Å²) in [5.74, 6) is 0.419. The van der Waals surface area contributed by atoms with E-state index in [0.717, 1.165) is 10.0 Å². The van der Waals surface area contributed by atoms with Crippen LogP contribution in [-0.4, -0.2) is 11.0 Å². The molecule has 0 bridgehead atoms. The summed E-state index contributed by atoms with van der Waals surface area (Å²) in [4.78, 5) is 13.3. The molecule has 0 spiro atoms. The molecular formula is C12H12BrNO2. The minimum Gasteiger partial charge on any atom is -0.416 e. The van der Waals surface area contributed by atoms with Gasteiger partial charge < -0.3 is 4.74 Å². The first-order valence-corrected chi connectivity index (χ1v) is 5.75. The summed E-state index contributed by atoms with van der Waals surface area (Å²) in [6.45, 7) is 6.42. The molecule has 1 aromatic rings. The molecule has 0 aromatic heterocycles. The summed E-state index contributed by atoms with van der Waals surface area (Å²) in [5, 5.41) is 0. The van der Waals surface area contributed by atoms with Crippen LogP contribution >= 0.6 is 15.9 Å². The highest BCUT2D eigenvalue weighted by atomic mass is 79.9. The maximum absolute atomic E-state index is 11.6. The van der Waals surface area contributed by atoms with Crippen LogP contribution in [-0.2, 0) is 17.8 Å². The number of amides is 1. The molecule has 0 aliphatic carbocycles. The van der Waals surface area contributed by atoms with Crippen molar-refractivity contribution in [2.24, 2.45) is 0 Å². The van der Waals surface area contributed by atoms with E-state index in [1.165, 1.54) is 5.56 Å². The summed E-state index contributed by atoms with van der Waals surface area (Å²) >= 11 is 3.41. The minimum atomic E-state index is -0.333. The van der Waals surface area contributed by atoms with Crippen molar-refractivity contribution in [3.8, 4) is 0 Å². The van der Waals surface area contributed by atoms with Gasteiger partial charge in [0.2, 0.25) is 0 Å². The highest BCUT2D eigenvalue weighted by molar-refractivity contribution is 9.10. The number of allylic oxidation sites excluding steroid dienone is 1. The molecule has 0 unspecified atom stereocenters. The van der Waals surface area contributed by atoms with Gasteiger partial charge >= 0.3 is 6.09 Å². The molecule has 1 aliphatic heterocycles. The first kappa shape index (κ1) is 11.2. The Morgan fingerprint density at radius 2 is 2.12 bits per heavy atom. The Bertz CT molecular complexity index is 456. The van der Waals surface area contributed by atoms with E-state index in [1.807, 2.05) is 18.2 Å². The number of nitrogens with zero attached hydrogens (tertiary/aromatic N) is 1. The van der Waals surface area contributed by atoms with Gasteiger partial charge in [-0.05, 0) is 30.2 Å². The molecule has 0 atom stereocenters. The number of rotatable bonds is 1. The van der Waals surface area contributed by atoms with E-state index in [2.05, 4.69) is 22.5 Å². The molecule has 1 aromatic carbocycles. The van der Waals surface area contributed by atoms with E-state index >= 15 is 0 Å². The summed E-state index contributed by atoms with van der Waals surface area (Å²) in [6, 6.07) is 6.03. The van der Waals surface area contributed by atoms with Crippen LogP contribution in [0.25, 0.3) is 0 Å². The minimum absolute atomic E-state index is 0.333. The number of carbonyl (C=O) groups excluding carboxylic acids is 1. The average molecular weight is 282 g/mol. The second kappa shape index (κ2) is 4.29. The van der Waals surface area contributed by atoms with Crippen molar-refractivity contribution < 1.29 is 9.53 Å². The first-order chi connectivity index (χ1) is 7.56. The Labute approximate surface area is 103 Å². The lowest BCUT2D eigenvalue weighted by Gasteiger charge is -2.14. The molecular weight excluding hydrogens is 270 g/mol. The van der Waals surface area contributed by atoms with Crippen LogP contribution < -0.4 is 0 Å². The molecule has 16 heavy (non-hydrogen) atoms. The lowest BCUT2D eigenvalue weighted by Crippen LogP contribution is -2.25. The normalized spacial score (nSPS) is 13.5. The number of ether oxygens (including phenoxy) is 1. The number of carbonyl (C=O) groups is 1. The molecule has 0 saturated heterocycles. The standard InChI is InChI=1S/C12H12BrNO2/c1-8(2)16-12(15)14-6-9-3-4-11(13)5-10(9)7-14/h3-5H,1,6-7H2,2H3. The summed E-state index contributed by atoms with van der Waals surface area (Å²) in [6.07, 6.45) is -0.333. The lowest BCUT2D eigenvalue weighted by atomic mass is 10.1. The Balaban J connectivity index is 2.10. The Morgan fingerprint density at radius 3 is 2.81 bits per heavy atom. The van der Waals surface area contributed by atoms with Crippen LogP contribution in [0.15, 0.2) is 35.0 Å². The van der Waals surface area contributed by atoms with Crippen molar-refractivity contribution in [1.82, 2.24) is 4.90 Å². The molecule has 0 radical (unpaired) electrons. The zero-order valence-corrected chi connectivity index (χ0v) is 10.6. The van der Waals surface area contributed by atoms with E-state index in [9.17, 15) is 4.79 Å². The summed E-state index contributed by atoms with van der Waals surface area (Å²) in [7, 11) is 0. The molecule has 1 heterocycles. The van der Waals surface area contributed by atoms with Gasteiger partial charge in [0, 0.05) is 17.6 Å². The summed E-state index contributed by atoms with van der Waals surface area (Å²) < 4.78 is 6.01. The van der Waals surface area contributed by atoms with Gasteiger partial charge in [0.05, 0.1) is 5.76 Å². The van der Waals surface area contributed by atoms with Crippen molar-refractivity contribution in [2.45, 2.75) is 20.0 Å².